The van der Waals surface area contributed by atoms with Gasteiger partial charge in [0, 0.05) is 37.8 Å². The lowest BCUT2D eigenvalue weighted by atomic mass is 9.91. The molecular formula is C16H35N3O. The molecule has 2 N–H and O–H groups in total. The SMILES string of the molecule is CCC(C)N1CCN(CCCC(CC)(CO)NC)CC1. The fourth-order valence-corrected chi connectivity index (χ4v) is 3.08. The minimum absolute atomic E-state index is 0.0709. The maximum Gasteiger partial charge on any atom is 0.0613 e. The van der Waals surface area contributed by atoms with Crippen molar-refractivity contribution < 1.29 is 5.11 Å². The van der Waals surface area contributed by atoms with Crippen LogP contribution in [0.1, 0.15) is 46.5 Å². The quantitative estimate of drug-likeness (QED) is 0.674. The van der Waals surface area contributed by atoms with Crippen LogP contribution in [-0.4, -0.2) is 72.9 Å². The van der Waals surface area contributed by atoms with Crippen LogP contribution in [-0.2, 0) is 0 Å². The maximum atomic E-state index is 9.55. The highest BCUT2D eigenvalue weighted by atomic mass is 16.3. The largest absolute Gasteiger partial charge is 0.394 e. The van der Waals surface area contributed by atoms with Crippen LogP contribution in [0.3, 0.4) is 0 Å². The highest BCUT2D eigenvalue weighted by molar-refractivity contribution is 4.85. The van der Waals surface area contributed by atoms with Crippen molar-refractivity contribution in [3.63, 3.8) is 0 Å². The average molecular weight is 285 g/mol. The first-order valence-corrected chi connectivity index (χ1v) is 8.37. The molecule has 0 aliphatic carbocycles. The first-order valence-electron chi connectivity index (χ1n) is 8.37. The molecule has 1 aliphatic heterocycles. The average Bonchev–Trinajstić information content (AvgIpc) is 2.52. The molecule has 0 amide bonds. The fraction of sp³-hybridized carbons (Fsp3) is 1.00. The van der Waals surface area contributed by atoms with Gasteiger partial charge in [0.15, 0.2) is 0 Å². The van der Waals surface area contributed by atoms with E-state index in [1.807, 2.05) is 7.05 Å². The summed E-state index contributed by atoms with van der Waals surface area (Å²) >= 11 is 0. The smallest absolute Gasteiger partial charge is 0.0613 e. The third-order valence-electron chi connectivity index (χ3n) is 5.26. The van der Waals surface area contributed by atoms with E-state index in [2.05, 4.69) is 35.9 Å². The van der Waals surface area contributed by atoms with Crippen LogP contribution in [0.5, 0.6) is 0 Å². The molecule has 20 heavy (non-hydrogen) atoms. The first-order chi connectivity index (χ1) is 9.60. The van der Waals surface area contributed by atoms with Gasteiger partial charge in [0.25, 0.3) is 0 Å². The Balaban J connectivity index is 2.24. The van der Waals surface area contributed by atoms with Crippen LogP contribution in [0.4, 0.5) is 0 Å². The number of hydrogen-bond acceptors (Lipinski definition) is 4. The Bertz CT molecular complexity index is 240. The number of nitrogens with one attached hydrogen (secondary N) is 1. The highest BCUT2D eigenvalue weighted by Gasteiger charge is 2.25. The van der Waals surface area contributed by atoms with E-state index in [4.69, 9.17) is 0 Å². The molecule has 4 nitrogen and oxygen atoms in total. The van der Waals surface area contributed by atoms with Crippen molar-refractivity contribution >= 4 is 0 Å². The predicted molar refractivity (Wildman–Crippen MR) is 86.2 cm³/mol. The van der Waals surface area contributed by atoms with Gasteiger partial charge in [0.2, 0.25) is 0 Å². The number of hydrogen-bond donors (Lipinski definition) is 2. The lowest BCUT2D eigenvalue weighted by molar-refractivity contribution is 0.0936. The van der Waals surface area contributed by atoms with Gasteiger partial charge in [0.05, 0.1) is 6.61 Å². The van der Waals surface area contributed by atoms with E-state index in [-0.39, 0.29) is 12.1 Å². The monoisotopic (exact) mass is 285 g/mol. The standard InChI is InChI=1S/C16H35N3O/c1-5-15(3)19-12-10-18(11-13-19)9-7-8-16(6-2,14-20)17-4/h15,17,20H,5-14H2,1-4H3. The Labute approximate surface area is 125 Å². The number of likely N-dealkylation sites (N-methyl/N-ethyl adjacent to an activating group) is 1. The van der Waals surface area contributed by atoms with E-state index in [1.165, 1.54) is 39.0 Å². The molecule has 1 rings (SSSR count). The molecule has 0 bridgehead atoms. The lowest BCUT2D eigenvalue weighted by Crippen LogP contribution is -2.50. The molecule has 0 aromatic carbocycles. The van der Waals surface area contributed by atoms with Gasteiger partial charge in [0.1, 0.15) is 0 Å². The fourth-order valence-electron chi connectivity index (χ4n) is 3.08. The Morgan fingerprint density at radius 2 is 1.85 bits per heavy atom. The van der Waals surface area contributed by atoms with Crippen LogP contribution in [0.15, 0.2) is 0 Å². The molecule has 2 atom stereocenters. The molecule has 1 aliphatic rings. The summed E-state index contributed by atoms with van der Waals surface area (Å²) in [6, 6.07) is 0.726. The zero-order chi connectivity index (χ0) is 15.0. The van der Waals surface area contributed by atoms with Crippen molar-refractivity contribution in [3.05, 3.63) is 0 Å². The minimum atomic E-state index is -0.0709. The van der Waals surface area contributed by atoms with Crippen molar-refractivity contribution in [1.29, 1.82) is 0 Å². The van der Waals surface area contributed by atoms with Gasteiger partial charge in [-0.25, -0.2) is 0 Å². The zero-order valence-corrected chi connectivity index (χ0v) is 14.0. The number of aliphatic hydroxyl groups excluding tert-OH is 1. The summed E-state index contributed by atoms with van der Waals surface area (Å²) in [5, 5.41) is 12.9. The summed E-state index contributed by atoms with van der Waals surface area (Å²) < 4.78 is 0. The number of piperazine rings is 1. The molecule has 0 spiro atoms. The zero-order valence-electron chi connectivity index (χ0n) is 14.0. The molecule has 1 fully saturated rings. The molecule has 1 heterocycles. The van der Waals surface area contributed by atoms with Crippen LogP contribution < -0.4 is 5.32 Å². The predicted octanol–water partition coefficient (Wildman–Crippen LogP) is 1.54. The van der Waals surface area contributed by atoms with E-state index in [1.54, 1.807) is 0 Å². The molecule has 1 saturated heterocycles. The van der Waals surface area contributed by atoms with E-state index in [0.717, 1.165) is 25.4 Å². The van der Waals surface area contributed by atoms with Crippen molar-refractivity contribution in [2.45, 2.75) is 58.0 Å². The maximum absolute atomic E-state index is 9.55. The molecule has 4 heteroatoms. The number of aliphatic hydroxyl groups is 1. The normalized spacial score (nSPS) is 22.6. The topological polar surface area (TPSA) is 38.7 Å². The van der Waals surface area contributed by atoms with E-state index < -0.39 is 0 Å². The van der Waals surface area contributed by atoms with Crippen LogP contribution in [0, 0.1) is 0 Å². The Morgan fingerprint density at radius 1 is 1.20 bits per heavy atom. The Morgan fingerprint density at radius 3 is 2.30 bits per heavy atom. The Kier molecular flexibility index (Phi) is 8.03. The van der Waals surface area contributed by atoms with E-state index in [0.29, 0.717) is 0 Å². The second-order valence-electron chi connectivity index (χ2n) is 6.28. The third kappa shape index (κ3) is 4.99. The van der Waals surface area contributed by atoms with Crippen molar-refractivity contribution in [2.75, 3.05) is 46.4 Å². The summed E-state index contributed by atoms with van der Waals surface area (Å²) in [6.45, 7) is 13.0. The first kappa shape index (κ1) is 17.9. The van der Waals surface area contributed by atoms with Gasteiger partial charge < -0.3 is 15.3 Å². The summed E-state index contributed by atoms with van der Waals surface area (Å²) in [7, 11) is 1.96. The molecule has 0 aromatic rings. The summed E-state index contributed by atoms with van der Waals surface area (Å²) in [6.07, 6.45) is 4.46. The second-order valence-corrected chi connectivity index (χ2v) is 6.28. The molecule has 120 valence electrons. The van der Waals surface area contributed by atoms with E-state index in [9.17, 15) is 5.11 Å². The third-order valence-corrected chi connectivity index (χ3v) is 5.26. The van der Waals surface area contributed by atoms with Crippen LogP contribution >= 0.6 is 0 Å². The van der Waals surface area contributed by atoms with Crippen molar-refractivity contribution in [2.24, 2.45) is 0 Å². The number of nitrogens with zero attached hydrogens (tertiary/aromatic N) is 2. The van der Waals surface area contributed by atoms with Gasteiger partial charge in [-0.15, -0.1) is 0 Å². The highest BCUT2D eigenvalue weighted by Crippen LogP contribution is 2.17. The van der Waals surface area contributed by atoms with Crippen molar-refractivity contribution in [3.8, 4) is 0 Å². The summed E-state index contributed by atoms with van der Waals surface area (Å²) in [5.74, 6) is 0. The molecule has 2 unspecified atom stereocenters. The number of rotatable bonds is 9. The lowest BCUT2D eigenvalue weighted by Gasteiger charge is -2.38. The summed E-state index contributed by atoms with van der Waals surface area (Å²) in [5.41, 5.74) is -0.0709. The summed E-state index contributed by atoms with van der Waals surface area (Å²) in [4.78, 5) is 5.18. The molecular weight excluding hydrogens is 250 g/mol. The van der Waals surface area contributed by atoms with Crippen molar-refractivity contribution in [1.82, 2.24) is 15.1 Å². The minimum Gasteiger partial charge on any atom is -0.394 e. The van der Waals surface area contributed by atoms with Gasteiger partial charge in [-0.3, -0.25) is 4.90 Å². The van der Waals surface area contributed by atoms with Gasteiger partial charge in [-0.2, -0.15) is 0 Å². The molecule has 0 radical (unpaired) electrons. The molecule has 0 aromatic heterocycles. The Hall–Kier alpha value is -0.160. The van der Waals surface area contributed by atoms with Gasteiger partial charge in [-0.1, -0.05) is 13.8 Å². The van der Waals surface area contributed by atoms with Crippen LogP contribution in [0.2, 0.25) is 0 Å². The van der Waals surface area contributed by atoms with E-state index >= 15 is 0 Å². The van der Waals surface area contributed by atoms with Gasteiger partial charge in [-0.05, 0) is 46.2 Å². The van der Waals surface area contributed by atoms with Gasteiger partial charge >= 0.3 is 0 Å². The second kappa shape index (κ2) is 8.98. The molecule has 0 saturated carbocycles. The van der Waals surface area contributed by atoms with Crippen LogP contribution in [0.25, 0.3) is 0 Å².